The summed E-state index contributed by atoms with van der Waals surface area (Å²) in [5.74, 6) is 1.51. The number of aromatic amines is 1. The Balaban J connectivity index is 1.44. The van der Waals surface area contributed by atoms with Crippen molar-refractivity contribution < 1.29 is 0 Å². The van der Waals surface area contributed by atoms with Crippen LogP contribution in [0.25, 0.3) is 10.9 Å². The third-order valence-corrected chi connectivity index (χ3v) is 7.52. The van der Waals surface area contributed by atoms with Crippen LogP contribution < -0.4 is 5.32 Å². The molecule has 1 aromatic heterocycles. The molecule has 5 rings (SSSR count). The second kappa shape index (κ2) is 7.34. The topological polar surface area (TPSA) is 34.3 Å². The van der Waals surface area contributed by atoms with Crippen LogP contribution in [-0.2, 0) is 6.42 Å². The molecule has 2 heterocycles. The molecule has 2 fully saturated rings. The number of fused-ring (bicyclic) bond motifs is 2. The zero-order valence-corrected chi connectivity index (χ0v) is 17.9. The van der Waals surface area contributed by atoms with Crippen molar-refractivity contribution in [2.75, 3.05) is 26.2 Å². The van der Waals surface area contributed by atoms with E-state index in [1.807, 2.05) is 0 Å². The lowest BCUT2D eigenvalue weighted by Gasteiger charge is -2.48. The van der Waals surface area contributed by atoms with E-state index in [9.17, 15) is 0 Å². The summed E-state index contributed by atoms with van der Waals surface area (Å²) in [7, 11) is 0. The van der Waals surface area contributed by atoms with E-state index in [0.29, 0.717) is 18.0 Å². The molecular weight excluding hydrogens is 364 g/mol. The number of rotatable bonds is 5. The standard InChI is InChI=1S/C23H32N4S/c1-3-26(4-2)23(28)25-17-11-19-18-6-5-7-20-22(18)16(12-24-20)10-21(19)27(14-17)13-15-8-9-15/h5-7,12,15,17,19,21,24H,3-4,8-11,13-14H2,1-2H3,(H,25,28)/t17-,19?,21+/m0/s1. The summed E-state index contributed by atoms with van der Waals surface area (Å²) in [6.07, 6.45) is 7.43. The lowest BCUT2D eigenvalue weighted by Crippen LogP contribution is -2.58. The summed E-state index contributed by atoms with van der Waals surface area (Å²) in [5, 5.41) is 6.15. The van der Waals surface area contributed by atoms with Gasteiger partial charge in [0.25, 0.3) is 0 Å². The van der Waals surface area contributed by atoms with E-state index in [0.717, 1.165) is 30.7 Å². The van der Waals surface area contributed by atoms with Crippen LogP contribution in [0.4, 0.5) is 0 Å². The number of nitrogens with one attached hydrogen (secondary N) is 2. The second-order valence-corrected chi connectivity index (χ2v) is 9.30. The lowest BCUT2D eigenvalue weighted by molar-refractivity contribution is 0.0987. The highest BCUT2D eigenvalue weighted by Crippen LogP contribution is 2.44. The maximum absolute atomic E-state index is 5.74. The van der Waals surface area contributed by atoms with Crippen molar-refractivity contribution in [2.24, 2.45) is 5.92 Å². The zero-order valence-electron chi connectivity index (χ0n) is 17.1. The Labute approximate surface area is 173 Å². The number of hydrogen-bond donors (Lipinski definition) is 2. The minimum atomic E-state index is 0.434. The first-order valence-electron chi connectivity index (χ1n) is 11.1. The van der Waals surface area contributed by atoms with Crippen molar-refractivity contribution >= 4 is 28.2 Å². The molecule has 1 aromatic carbocycles. The van der Waals surface area contributed by atoms with Crippen LogP contribution in [0.5, 0.6) is 0 Å². The fourth-order valence-electron chi connectivity index (χ4n) is 5.52. The van der Waals surface area contributed by atoms with Gasteiger partial charge in [0.15, 0.2) is 5.11 Å². The molecule has 3 atom stereocenters. The predicted octanol–water partition coefficient (Wildman–Crippen LogP) is 3.88. The molecule has 2 aliphatic carbocycles. The van der Waals surface area contributed by atoms with Crippen molar-refractivity contribution in [1.82, 2.24) is 20.1 Å². The van der Waals surface area contributed by atoms with E-state index in [2.05, 4.69) is 58.3 Å². The highest BCUT2D eigenvalue weighted by Gasteiger charge is 2.42. The number of thiocarbonyl (C=S) groups is 1. The Bertz CT molecular complexity index is 867. The highest BCUT2D eigenvalue weighted by molar-refractivity contribution is 7.80. The maximum atomic E-state index is 5.74. The van der Waals surface area contributed by atoms with E-state index >= 15 is 0 Å². The Hall–Kier alpha value is -1.59. The molecule has 0 bridgehead atoms. The van der Waals surface area contributed by atoms with Crippen LogP contribution in [0, 0.1) is 5.92 Å². The minimum absolute atomic E-state index is 0.434. The monoisotopic (exact) mass is 396 g/mol. The molecule has 28 heavy (non-hydrogen) atoms. The second-order valence-electron chi connectivity index (χ2n) is 8.91. The molecule has 1 saturated carbocycles. The fourth-order valence-corrected chi connectivity index (χ4v) is 5.95. The normalized spacial score (nSPS) is 26.9. The van der Waals surface area contributed by atoms with Crippen molar-refractivity contribution in [2.45, 2.75) is 57.5 Å². The molecule has 0 amide bonds. The van der Waals surface area contributed by atoms with Crippen LogP contribution >= 0.6 is 12.2 Å². The molecule has 4 nitrogen and oxygen atoms in total. The Kier molecular flexibility index (Phi) is 4.84. The van der Waals surface area contributed by atoms with E-state index in [-0.39, 0.29) is 0 Å². The number of aromatic nitrogens is 1. The van der Waals surface area contributed by atoms with E-state index in [1.165, 1.54) is 48.7 Å². The first-order chi connectivity index (χ1) is 13.7. The molecular formula is C23H32N4S. The number of hydrogen-bond acceptors (Lipinski definition) is 2. The number of benzene rings is 1. The number of nitrogens with zero attached hydrogens (tertiary/aromatic N) is 2. The summed E-state index contributed by atoms with van der Waals surface area (Å²) in [5.41, 5.74) is 4.36. The van der Waals surface area contributed by atoms with Gasteiger partial charge in [-0.15, -0.1) is 0 Å². The van der Waals surface area contributed by atoms with Crippen LogP contribution in [-0.4, -0.2) is 58.2 Å². The van der Waals surface area contributed by atoms with Gasteiger partial charge in [0.1, 0.15) is 0 Å². The van der Waals surface area contributed by atoms with Crippen LogP contribution in [0.3, 0.4) is 0 Å². The average Bonchev–Trinajstić information content (AvgIpc) is 3.42. The molecule has 0 spiro atoms. The third kappa shape index (κ3) is 3.22. The molecule has 1 saturated heterocycles. The van der Waals surface area contributed by atoms with E-state index < -0.39 is 0 Å². The number of likely N-dealkylation sites (tertiary alicyclic amines) is 1. The van der Waals surface area contributed by atoms with Gasteiger partial charge in [0.2, 0.25) is 0 Å². The lowest BCUT2D eigenvalue weighted by atomic mass is 9.73. The third-order valence-electron chi connectivity index (χ3n) is 7.14. The van der Waals surface area contributed by atoms with E-state index in [4.69, 9.17) is 12.2 Å². The highest BCUT2D eigenvalue weighted by atomic mass is 32.1. The molecule has 5 heteroatoms. The summed E-state index contributed by atoms with van der Waals surface area (Å²) in [6, 6.07) is 7.89. The van der Waals surface area contributed by atoms with Crippen molar-refractivity contribution in [1.29, 1.82) is 0 Å². The minimum Gasteiger partial charge on any atom is -0.361 e. The number of H-pyrrole nitrogens is 1. The molecule has 1 unspecified atom stereocenters. The largest absolute Gasteiger partial charge is 0.361 e. The van der Waals surface area contributed by atoms with Crippen LogP contribution in [0.2, 0.25) is 0 Å². The maximum Gasteiger partial charge on any atom is 0.169 e. The Morgan fingerprint density at radius 1 is 1.29 bits per heavy atom. The van der Waals surface area contributed by atoms with Gasteiger partial charge in [0, 0.05) is 61.3 Å². The predicted molar refractivity (Wildman–Crippen MR) is 120 cm³/mol. The molecule has 3 aliphatic rings. The van der Waals surface area contributed by atoms with Gasteiger partial charge in [-0.05, 0) is 74.9 Å². The summed E-state index contributed by atoms with van der Waals surface area (Å²) >= 11 is 5.74. The van der Waals surface area contributed by atoms with Gasteiger partial charge in [-0.25, -0.2) is 0 Å². The van der Waals surface area contributed by atoms with Gasteiger partial charge in [0.05, 0.1) is 0 Å². The molecule has 150 valence electrons. The quantitative estimate of drug-likeness (QED) is 0.752. The van der Waals surface area contributed by atoms with Gasteiger partial charge in [-0.3, -0.25) is 4.90 Å². The van der Waals surface area contributed by atoms with Crippen LogP contribution in [0.1, 0.15) is 50.2 Å². The Morgan fingerprint density at radius 2 is 2.11 bits per heavy atom. The summed E-state index contributed by atoms with van der Waals surface area (Å²) in [6.45, 7) is 8.69. The van der Waals surface area contributed by atoms with Gasteiger partial charge in [-0.2, -0.15) is 0 Å². The SMILES string of the molecule is CCN(CC)C(=S)N[C@H]1CC2c3cccc4[nH]cc(c34)C[C@H]2N(CC2CC2)C1. The van der Waals surface area contributed by atoms with Crippen molar-refractivity contribution in [3.05, 3.63) is 35.5 Å². The summed E-state index contributed by atoms with van der Waals surface area (Å²) in [4.78, 5) is 8.57. The first kappa shape index (κ1) is 18.4. The van der Waals surface area contributed by atoms with Crippen LogP contribution in [0.15, 0.2) is 24.4 Å². The van der Waals surface area contributed by atoms with E-state index in [1.54, 1.807) is 5.56 Å². The smallest absolute Gasteiger partial charge is 0.169 e. The first-order valence-corrected chi connectivity index (χ1v) is 11.5. The van der Waals surface area contributed by atoms with Crippen molar-refractivity contribution in [3.63, 3.8) is 0 Å². The zero-order chi connectivity index (χ0) is 19.3. The molecule has 1 aliphatic heterocycles. The average molecular weight is 397 g/mol. The van der Waals surface area contributed by atoms with Gasteiger partial charge >= 0.3 is 0 Å². The molecule has 2 N–H and O–H groups in total. The fraction of sp³-hybridized carbons (Fsp3) is 0.609. The Morgan fingerprint density at radius 3 is 2.86 bits per heavy atom. The molecule has 2 aromatic rings. The van der Waals surface area contributed by atoms with Crippen molar-refractivity contribution in [3.8, 4) is 0 Å². The van der Waals surface area contributed by atoms with Gasteiger partial charge in [-0.1, -0.05) is 12.1 Å². The molecule has 0 radical (unpaired) electrons. The number of piperidine rings is 1. The van der Waals surface area contributed by atoms with Gasteiger partial charge < -0.3 is 15.2 Å². The summed E-state index contributed by atoms with van der Waals surface area (Å²) < 4.78 is 0.